The van der Waals surface area contributed by atoms with Crippen LogP contribution in [0.1, 0.15) is 123 Å². The molecule has 24 heavy (non-hydrogen) atoms. The van der Waals surface area contributed by atoms with Gasteiger partial charge in [0.1, 0.15) is 0 Å². The maximum atomic E-state index is 9.16. The van der Waals surface area contributed by atoms with Crippen molar-refractivity contribution in [2.75, 3.05) is 13.2 Å². The molecule has 1 atom stereocenters. The fourth-order valence-electron chi connectivity index (χ4n) is 3.38. The number of hydrogen-bond donors (Lipinski definition) is 1. The third-order valence-corrected chi connectivity index (χ3v) is 4.99. The van der Waals surface area contributed by atoms with Crippen LogP contribution in [0.15, 0.2) is 0 Å². The van der Waals surface area contributed by atoms with Crippen LogP contribution >= 0.6 is 0 Å². The minimum Gasteiger partial charge on any atom is -0.394 e. The van der Waals surface area contributed by atoms with Gasteiger partial charge in [0.15, 0.2) is 0 Å². The fraction of sp³-hybridized carbons (Fsp3) is 1.00. The first-order chi connectivity index (χ1) is 11.8. The van der Waals surface area contributed by atoms with E-state index in [1.165, 1.54) is 103 Å². The number of unbranched alkanes of at least 4 members (excludes halogenated alkanes) is 15. The maximum Gasteiger partial charge on any atom is 0.0805 e. The Labute approximate surface area is 152 Å². The highest BCUT2D eigenvalue weighted by molar-refractivity contribution is 4.56. The molecule has 0 saturated heterocycles. The van der Waals surface area contributed by atoms with Gasteiger partial charge < -0.3 is 9.84 Å². The number of rotatable bonds is 20. The zero-order valence-electron chi connectivity index (χ0n) is 16.9. The van der Waals surface area contributed by atoms with Crippen molar-refractivity contribution in [3.05, 3.63) is 0 Å². The highest BCUT2D eigenvalue weighted by Gasteiger charge is 2.05. The molecule has 1 unspecified atom stereocenters. The largest absolute Gasteiger partial charge is 0.394 e. The van der Waals surface area contributed by atoms with Gasteiger partial charge in [0, 0.05) is 6.61 Å². The Morgan fingerprint density at radius 3 is 1.29 bits per heavy atom. The normalized spacial score (nSPS) is 12.6. The Morgan fingerprint density at radius 1 is 0.583 bits per heavy atom. The van der Waals surface area contributed by atoms with Crippen molar-refractivity contribution < 1.29 is 9.84 Å². The smallest absolute Gasteiger partial charge is 0.0805 e. The Kier molecular flexibility index (Phi) is 20.9. The first-order valence-corrected chi connectivity index (χ1v) is 11.1. The van der Waals surface area contributed by atoms with Crippen molar-refractivity contribution in [3.8, 4) is 0 Å². The predicted molar refractivity (Wildman–Crippen MR) is 107 cm³/mol. The first kappa shape index (κ1) is 23.9. The molecule has 2 nitrogen and oxygen atoms in total. The Hall–Kier alpha value is -0.0800. The minimum atomic E-state index is 0.0710. The van der Waals surface area contributed by atoms with Crippen LogP contribution < -0.4 is 0 Å². The van der Waals surface area contributed by atoms with Gasteiger partial charge >= 0.3 is 0 Å². The van der Waals surface area contributed by atoms with E-state index in [9.17, 15) is 0 Å². The molecule has 0 radical (unpaired) electrons. The van der Waals surface area contributed by atoms with Gasteiger partial charge in [-0.15, -0.1) is 0 Å². The van der Waals surface area contributed by atoms with Gasteiger partial charge in [-0.3, -0.25) is 0 Å². The van der Waals surface area contributed by atoms with Crippen LogP contribution in [-0.2, 0) is 4.74 Å². The molecule has 0 rings (SSSR count). The molecule has 0 fully saturated rings. The molecule has 0 aliphatic heterocycles. The molecular weight excluding hydrogens is 296 g/mol. The van der Waals surface area contributed by atoms with Gasteiger partial charge in [-0.25, -0.2) is 0 Å². The maximum absolute atomic E-state index is 9.16. The summed E-state index contributed by atoms with van der Waals surface area (Å²) in [5, 5.41) is 9.16. The number of aliphatic hydroxyl groups excluding tert-OH is 1. The van der Waals surface area contributed by atoms with Gasteiger partial charge in [0.2, 0.25) is 0 Å². The Balaban J connectivity index is 3.07. The molecule has 0 aromatic heterocycles. The molecule has 0 aliphatic rings. The third kappa shape index (κ3) is 18.3. The summed E-state index contributed by atoms with van der Waals surface area (Å²) >= 11 is 0. The van der Waals surface area contributed by atoms with E-state index in [0.29, 0.717) is 6.61 Å². The van der Waals surface area contributed by atoms with Crippen LogP contribution in [0.2, 0.25) is 0 Å². The average molecular weight is 343 g/mol. The second-order valence-electron chi connectivity index (χ2n) is 7.35. The molecule has 0 bridgehead atoms. The lowest BCUT2D eigenvalue weighted by molar-refractivity contribution is 0.0136. The summed E-state index contributed by atoms with van der Waals surface area (Å²) in [6, 6.07) is 0. The van der Waals surface area contributed by atoms with Crippen molar-refractivity contribution in [1.29, 1.82) is 0 Å². The van der Waals surface area contributed by atoms with Crippen molar-refractivity contribution >= 4 is 0 Å². The zero-order valence-corrected chi connectivity index (χ0v) is 16.9. The van der Waals surface area contributed by atoms with Crippen LogP contribution in [0.5, 0.6) is 0 Å². The molecule has 1 N–H and O–H groups in total. The van der Waals surface area contributed by atoms with Crippen LogP contribution in [0.3, 0.4) is 0 Å². The van der Waals surface area contributed by atoms with E-state index in [2.05, 4.69) is 6.92 Å². The SMILES string of the molecule is CCCCCCCCCCCCCCCCCCC(CO)OCC. The first-order valence-electron chi connectivity index (χ1n) is 11.1. The highest BCUT2D eigenvalue weighted by Crippen LogP contribution is 2.14. The van der Waals surface area contributed by atoms with Crippen molar-refractivity contribution in [1.82, 2.24) is 0 Å². The summed E-state index contributed by atoms with van der Waals surface area (Å²) in [6.45, 7) is 5.17. The summed E-state index contributed by atoms with van der Waals surface area (Å²) in [5.74, 6) is 0. The van der Waals surface area contributed by atoms with Gasteiger partial charge in [-0.1, -0.05) is 110 Å². The van der Waals surface area contributed by atoms with Gasteiger partial charge in [-0.2, -0.15) is 0 Å². The molecule has 2 heteroatoms. The monoisotopic (exact) mass is 342 g/mol. The zero-order chi connectivity index (χ0) is 17.7. The predicted octanol–water partition coefficient (Wildman–Crippen LogP) is 7.04. The van der Waals surface area contributed by atoms with Crippen molar-refractivity contribution in [2.45, 2.75) is 129 Å². The van der Waals surface area contributed by atoms with Crippen molar-refractivity contribution in [2.24, 2.45) is 0 Å². The van der Waals surface area contributed by atoms with Gasteiger partial charge in [-0.05, 0) is 13.3 Å². The molecule has 0 heterocycles. The molecule has 0 aromatic carbocycles. The summed E-state index contributed by atoms with van der Waals surface area (Å²) in [4.78, 5) is 0. The molecule has 0 spiro atoms. The minimum absolute atomic E-state index is 0.0710. The second-order valence-corrected chi connectivity index (χ2v) is 7.35. The van der Waals surface area contributed by atoms with E-state index in [1.807, 2.05) is 6.92 Å². The highest BCUT2D eigenvalue weighted by atomic mass is 16.5. The molecular formula is C22H46O2. The lowest BCUT2D eigenvalue weighted by Crippen LogP contribution is -2.17. The standard InChI is InChI=1S/C22H46O2/c1-3-5-6-7-8-9-10-11-12-13-14-15-16-17-18-19-20-22(21-23)24-4-2/h22-23H,3-21H2,1-2H3. The second kappa shape index (κ2) is 21.0. The van der Waals surface area contributed by atoms with Crippen molar-refractivity contribution in [3.63, 3.8) is 0 Å². The van der Waals surface area contributed by atoms with E-state index in [1.54, 1.807) is 0 Å². The Morgan fingerprint density at radius 2 is 0.958 bits per heavy atom. The van der Waals surface area contributed by atoms with E-state index in [0.717, 1.165) is 6.42 Å². The molecule has 0 aliphatic carbocycles. The van der Waals surface area contributed by atoms with Crippen LogP contribution in [0.25, 0.3) is 0 Å². The van der Waals surface area contributed by atoms with E-state index < -0.39 is 0 Å². The summed E-state index contributed by atoms with van der Waals surface area (Å²) < 4.78 is 5.47. The molecule has 0 amide bonds. The van der Waals surface area contributed by atoms with E-state index in [-0.39, 0.29) is 12.7 Å². The average Bonchev–Trinajstić information content (AvgIpc) is 2.60. The van der Waals surface area contributed by atoms with Gasteiger partial charge in [0.05, 0.1) is 12.7 Å². The molecule has 0 aromatic rings. The fourth-order valence-corrected chi connectivity index (χ4v) is 3.38. The quantitative estimate of drug-likeness (QED) is 0.240. The molecule has 146 valence electrons. The van der Waals surface area contributed by atoms with Gasteiger partial charge in [0.25, 0.3) is 0 Å². The molecule has 0 saturated carbocycles. The van der Waals surface area contributed by atoms with Crippen LogP contribution in [0.4, 0.5) is 0 Å². The van der Waals surface area contributed by atoms with Crippen LogP contribution in [-0.4, -0.2) is 24.4 Å². The lowest BCUT2D eigenvalue weighted by Gasteiger charge is -2.13. The summed E-state index contributed by atoms with van der Waals surface area (Å²) in [6.07, 6.45) is 23.5. The third-order valence-electron chi connectivity index (χ3n) is 4.99. The topological polar surface area (TPSA) is 29.5 Å². The summed E-state index contributed by atoms with van der Waals surface area (Å²) in [7, 11) is 0. The Bertz CT molecular complexity index is 218. The number of ether oxygens (including phenoxy) is 1. The van der Waals surface area contributed by atoms with E-state index >= 15 is 0 Å². The van der Waals surface area contributed by atoms with E-state index in [4.69, 9.17) is 9.84 Å². The lowest BCUT2D eigenvalue weighted by atomic mass is 10.0. The van der Waals surface area contributed by atoms with Crippen LogP contribution in [0, 0.1) is 0 Å². The summed E-state index contributed by atoms with van der Waals surface area (Å²) in [5.41, 5.74) is 0. The number of aliphatic hydroxyl groups is 1. The number of hydrogen-bond acceptors (Lipinski definition) is 2.